The normalized spacial score (nSPS) is 18.4. The lowest BCUT2D eigenvalue weighted by atomic mass is 10.2. The molecule has 0 aromatic heterocycles. The van der Waals surface area contributed by atoms with Gasteiger partial charge in [-0.1, -0.05) is 13.3 Å². The molecule has 1 unspecified atom stereocenters. The molecular formula is C12H23N3O2. The summed E-state index contributed by atoms with van der Waals surface area (Å²) in [6.45, 7) is 6.96. The minimum atomic E-state index is -0.465. The van der Waals surface area contributed by atoms with Crippen molar-refractivity contribution in [2.24, 2.45) is 0 Å². The van der Waals surface area contributed by atoms with E-state index in [2.05, 4.69) is 17.6 Å². The Morgan fingerprint density at radius 1 is 1.35 bits per heavy atom. The van der Waals surface area contributed by atoms with Gasteiger partial charge in [-0.05, 0) is 26.3 Å². The topological polar surface area (TPSA) is 61.4 Å². The maximum Gasteiger partial charge on any atom is 0.311 e. The van der Waals surface area contributed by atoms with Gasteiger partial charge in [-0.15, -0.1) is 0 Å². The van der Waals surface area contributed by atoms with Crippen molar-refractivity contribution in [1.82, 2.24) is 15.5 Å². The van der Waals surface area contributed by atoms with Gasteiger partial charge in [0.2, 0.25) is 0 Å². The van der Waals surface area contributed by atoms with Crippen molar-refractivity contribution in [2.45, 2.75) is 39.2 Å². The van der Waals surface area contributed by atoms with Gasteiger partial charge in [0.05, 0.1) is 0 Å². The molecule has 1 aliphatic heterocycles. The van der Waals surface area contributed by atoms with Gasteiger partial charge in [-0.3, -0.25) is 9.59 Å². The number of carbonyl (C=O) groups is 2. The highest BCUT2D eigenvalue weighted by Crippen LogP contribution is 1.99. The van der Waals surface area contributed by atoms with Gasteiger partial charge in [-0.25, -0.2) is 0 Å². The van der Waals surface area contributed by atoms with Crippen LogP contribution in [0.3, 0.4) is 0 Å². The van der Waals surface area contributed by atoms with E-state index in [1.807, 2.05) is 6.92 Å². The summed E-state index contributed by atoms with van der Waals surface area (Å²) in [5.41, 5.74) is 0. The third-order valence-electron chi connectivity index (χ3n) is 2.92. The second-order valence-corrected chi connectivity index (χ2v) is 4.56. The maximum atomic E-state index is 11.9. The molecule has 0 aliphatic carbocycles. The summed E-state index contributed by atoms with van der Waals surface area (Å²) >= 11 is 0. The number of amides is 2. The third-order valence-corrected chi connectivity index (χ3v) is 2.92. The molecule has 98 valence electrons. The van der Waals surface area contributed by atoms with E-state index in [1.165, 1.54) is 0 Å². The first-order valence-electron chi connectivity index (χ1n) is 6.45. The maximum absolute atomic E-state index is 11.9. The van der Waals surface area contributed by atoms with E-state index in [1.54, 1.807) is 4.90 Å². The zero-order chi connectivity index (χ0) is 12.7. The largest absolute Gasteiger partial charge is 0.345 e. The van der Waals surface area contributed by atoms with Crippen molar-refractivity contribution in [1.29, 1.82) is 0 Å². The quantitative estimate of drug-likeness (QED) is 0.690. The van der Waals surface area contributed by atoms with E-state index in [-0.39, 0.29) is 6.04 Å². The van der Waals surface area contributed by atoms with Crippen molar-refractivity contribution in [3.8, 4) is 0 Å². The minimum absolute atomic E-state index is 0.0709. The van der Waals surface area contributed by atoms with Crippen molar-refractivity contribution >= 4 is 11.8 Å². The summed E-state index contributed by atoms with van der Waals surface area (Å²) in [5.74, 6) is -0.857. The Balaban J connectivity index is 2.41. The molecule has 0 radical (unpaired) electrons. The van der Waals surface area contributed by atoms with Crippen LogP contribution < -0.4 is 10.6 Å². The van der Waals surface area contributed by atoms with Crippen LogP contribution in [0.5, 0.6) is 0 Å². The summed E-state index contributed by atoms with van der Waals surface area (Å²) in [5, 5.41) is 5.95. The molecule has 0 aromatic carbocycles. The molecule has 17 heavy (non-hydrogen) atoms. The van der Waals surface area contributed by atoms with E-state index >= 15 is 0 Å². The molecule has 0 aromatic rings. The van der Waals surface area contributed by atoms with E-state index in [0.29, 0.717) is 13.1 Å². The Bertz CT molecular complexity index is 260. The first-order valence-corrected chi connectivity index (χ1v) is 6.45. The predicted octanol–water partition coefficient (Wildman–Crippen LogP) is 0.113. The molecule has 5 nitrogen and oxygen atoms in total. The van der Waals surface area contributed by atoms with Gasteiger partial charge in [0.15, 0.2) is 0 Å². The Hall–Kier alpha value is -1.10. The molecule has 0 saturated carbocycles. The van der Waals surface area contributed by atoms with Crippen LogP contribution in [0.1, 0.15) is 33.1 Å². The monoisotopic (exact) mass is 241 g/mol. The molecule has 2 N–H and O–H groups in total. The van der Waals surface area contributed by atoms with E-state index in [4.69, 9.17) is 0 Å². The highest BCUT2D eigenvalue weighted by atomic mass is 16.2. The van der Waals surface area contributed by atoms with Crippen LogP contribution in [0, 0.1) is 0 Å². The fourth-order valence-corrected chi connectivity index (χ4v) is 1.98. The van der Waals surface area contributed by atoms with Crippen LogP contribution in [-0.2, 0) is 9.59 Å². The number of nitrogens with one attached hydrogen (secondary N) is 2. The lowest BCUT2D eigenvalue weighted by molar-refractivity contribution is -0.146. The Morgan fingerprint density at radius 3 is 2.82 bits per heavy atom. The SMILES string of the molecule is CCCC(C)NC(=O)C(=O)N1CCCNCC1. The fraction of sp³-hybridized carbons (Fsp3) is 0.833. The molecule has 1 atom stereocenters. The second kappa shape index (κ2) is 7.27. The third kappa shape index (κ3) is 4.73. The molecule has 1 rings (SSSR count). The molecule has 2 amide bonds. The summed E-state index contributed by atoms with van der Waals surface area (Å²) in [7, 11) is 0. The van der Waals surface area contributed by atoms with Gasteiger partial charge in [-0.2, -0.15) is 0 Å². The first-order chi connectivity index (χ1) is 8.15. The first kappa shape index (κ1) is 14.0. The molecule has 0 bridgehead atoms. The summed E-state index contributed by atoms with van der Waals surface area (Å²) in [6.07, 6.45) is 2.81. The highest BCUT2D eigenvalue weighted by molar-refractivity contribution is 6.35. The van der Waals surface area contributed by atoms with Crippen LogP contribution in [0.4, 0.5) is 0 Å². The summed E-state index contributed by atoms with van der Waals surface area (Å²) in [6, 6.07) is 0.0709. The smallest absolute Gasteiger partial charge is 0.311 e. The fourth-order valence-electron chi connectivity index (χ4n) is 1.98. The van der Waals surface area contributed by atoms with E-state index in [0.717, 1.165) is 32.4 Å². The number of carbonyl (C=O) groups excluding carboxylic acids is 2. The van der Waals surface area contributed by atoms with Crippen molar-refractivity contribution in [3.63, 3.8) is 0 Å². The molecule has 5 heteroatoms. The molecule has 1 aliphatic rings. The lowest BCUT2D eigenvalue weighted by Crippen LogP contribution is -2.46. The van der Waals surface area contributed by atoms with Crippen molar-refractivity contribution in [2.75, 3.05) is 26.2 Å². The van der Waals surface area contributed by atoms with Crippen LogP contribution in [0.15, 0.2) is 0 Å². The molecule has 1 fully saturated rings. The highest BCUT2D eigenvalue weighted by Gasteiger charge is 2.23. The Labute approximate surface area is 103 Å². The van der Waals surface area contributed by atoms with E-state index < -0.39 is 11.8 Å². The molecule has 1 saturated heterocycles. The van der Waals surface area contributed by atoms with Crippen LogP contribution >= 0.6 is 0 Å². The van der Waals surface area contributed by atoms with Gasteiger partial charge < -0.3 is 15.5 Å². The van der Waals surface area contributed by atoms with Gasteiger partial charge in [0.1, 0.15) is 0 Å². The zero-order valence-corrected chi connectivity index (χ0v) is 10.8. The molecule has 1 heterocycles. The summed E-state index contributed by atoms with van der Waals surface area (Å²) in [4.78, 5) is 25.2. The minimum Gasteiger partial charge on any atom is -0.345 e. The molecular weight excluding hydrogens is 218 g/mol. The average molecular weight is 241 g/mol. The van der Waals surface area contributed by atoms with Gasteiger partial charge in [0.25, 0.3) is 0 Å². The summed E-state index contributed by atoms with van der Waals surface area (Å²) < 4.78 is 0. The van der Waals surface area contributed by atoms with Crippen LogP contribution in [0.2, 0.25) is 0 Å². The van der Waals surface area contributed by atoms with Crippen LogP contribution in [-0.4, -0.2) is 48.9 Å². The zero-order valence-electron chi connectivity index (χ0n) is 10.8. The van der Waals surface area contributed by atoms with Gasteiger partial charge >= 0.3 is 11.8 Å². The Kier molecular flexibility index (Phi) is 5.97. The van der Waals surface area contributed by atoms with Crippen LogP contribution in [0.25, 0.3) is 0 Å². The lowest BCUT2D eigenvalue weighted by Gasteiger charge is -2.20. The average Bonchev–Trinajstić information content (AvgIpc) is 2.56. The number of hydrogen-bond acceptors (Lipinski definition) is 3. The van der Waals surface area contributed by atoms with Crippen molar-refractivity contribution in [3.05, 3.63) is 0 Å². The van der Waals surface area contributed by atoms with E-state index in [9.17, 15) is 9.59 Å². The van der Waals surface area contributed by atoms with Crippen molar-refractivity contribution < 1.29 is 9.59 Å². The standard InChI is InChI=1S/C12H23N3O2/c1-3-5-10(2)14-11(16)12(17)15-8-4-6-13-7-9-15/h10,13H,3-9H2,1-2H3,(H,14,16). The molecule has 0 spiro atoms. The number of rotatable bonds is 3. The number of hydrogen-bond donors (Lipinski definition) is 2. The predicted molar refractivity (Wildman–Crippen MR) is 66.6 cm³/mol. The number of nitrogens with zero attached hydrogens (tertiary/aromatic N) is 1. The Morgan fingerprint density at radius 2 is 2.12 bits per heavy atom. The van der Waals surface area contributed by atoms with Gasteiger partial charge in [0, 0.05) is 25.7 Å². The second-order valence-electron chi connectivity index (χ2n) is 4.56.